The largest absolute Gasteiger partial charge is 0.362 e. The first-order valence-corrected chi connectivity index (χ1v) is 6.42. The molecular formula is C13H9N3O2S. The average molecular weight is 271 g/mol. The molecule has 3 rings (SSSR count). The molecule has 0 fully saturated rings. The highest BCUT2D eigenvalue weighted by Gasteiger charge is 2.22. The first kappa shape index (κ1) is 11.7. The zero-order valence-electron chi connectivity index (χ0n) is 9.76. The van der Waals surface area contributed by atoms with Gasteiger partial charge in [0.25, 0.3) is 0 Å². The average Bonchev–Trinajstić information content (AvgIpc) is 2.77. The van der Waals surface area contributed by atoms with Crippen LogP contribution in [-0.2, 0) is 0 Å². The highest BCUT2D eigenvalue weighted by atomic mass is 32.2. The fourth-order valence-electron chi connectivity index (χ4n) is 1.80. The minimum absolute atomic E-state index is 0.00412. The van der Waals surface area contributed by atoms with Crippen molar-refractivity contribution in [2.24, 2.45) is 0 Å². The third kappa shape index (κ3) is 2.17. The molecule has 0 spiro atoms. The number of hydrogen-bond acceptors (Lipinski definition) is 4. The Morgan fingerprint density at radius 2 is 1.84 bits per heavy atom. The summed E-state index contributed by atoms with van der Waals surface area (Å²) in [5, 5.41) is 11.6. The Morgan fingerprint density at radius 3 is 2.58 bits per heavy atom. The van der Waals surface area contributed by atoms with Gasteiger partial charge in [-0.1, -0.05) is 36.0 Å². The zero-order chi connectivity index (χ0) is 13.2. The van der Waals surface area contributed by atoms with E-state index in [0.29, 0.717) is 10.7 Å². The minimum Gasteiger partial charge on any atom is -0.358 e. The Morgan fingerprint density at radius 1 is 1.11 bits per heavy atom. The molecule has 6 heteroatoms. The number of nitro groups is 1. The molecule has 2 heterocycles. The number of rotatable bonds is 3. The number of fused-ring (bicyclic) bond motifs is 1. The van der Waals surface area contributed by atoms with Crippen LogP contribution >= 0.6 is 11.8 Å². The molecule has 0 N–H and O–H groups in total. The lowest BCUT2D eigenvalue weighted by Crippen LogP contribution is -1.94. The molecule has 0 saturated heterocycles. The Hall–Kier alpha value is -2.34. The lowest BCUT2D eigenvalue weighted by Gasteiger charge is -1.98. The molecule has 0 aliphatic rings. The van der Waals surface area contributed by atoms with Gasteiger partial charge in [0.15, 0.2) is 5.03 Å². The molecule has 94 valence electrons. The van der Waals surface area contributed by atoms with E-state index < -0.39 is 4.92 Å². The second-order valence-corrected chi connectivity index (χ2v) is 4.90. The Labute approximate surface area is 113 Å². The molecule has 0 bridgehead atoms. The normalized spacial score (nSPS) is 10.7. The maximum Gasteiger partial charge on any atom is 0.362 e. The fourth-order valence-corrected chi connectivity index (χ4v) is 2.72. The lowest BCUT2D eigenvalue weighted by molar-refractivity contribution is -0.393. The molecule has 0 aliphatic carbocycles. The van der Waals surface area contributed by atoms with Crippen LogP contribution in [-0.4, -0.2) is 14.3 Å². The smallest absolute Gasteiger partial charge is 0.358 e. The molecule has 0 amide bonds. The van der Waals surface area contributed by atoms with Gasteiger partial charge in [-0.15, -0.1) is 0 Å². The maximum atomic E-state index is 11.2. The Balaban J connectivity index is 2.13. The topological polar surface area (TPSA) is 60.4 Å². The summed E-state index contributed by atoms with van der Waals surface area (Å²) in [7, 11) is 0. The fraction of sp³-hybridized carbons (Fsp3) is 0. The molecule has 0 radical (unpaired) electrons. The van der Waals surface area contributed by atoms with Gasteiger partial charge in [-0.3, -0.25) is 0 Å². The van der Waals surface area contributed by atoms with Gasteiger partial charge in [-0.2, -0.15) is 9.38 Å². The summed E-state index contributed by atoms with van der Waals surface area (Å²) in [5.74, 6) is 0.00412. The Bertz CT molecular complexity index is 740. The van der Waals surface area contributed by atoms with Crippen molar-refractivity contribution in [3.05, 3.63) is 64.8 Å². The van der Waals surface area contributed by atoms with Crippen molar-refractivity contribution in [1.82, 2.24) is 9.38 Å². The first-order chi connectivity index (χ1) is 9.25. The number of pyridine rings is 1. The van der Waals surface area contributed by atoms with Crippen LogP contribution in [0.5, 0.6) is 0 Å². The molecule has 19 heavy (non-hydrogen) atoms. The molecule has 2 aromatic heterocycles. The van der Waals surface area contributed by atoms with Gasteiger partial charge < -0.3 is 10.1 Å². The number of benzene rings is 1. The summed E-state index contributed by atoms with van der Waals surface area (Å²) in [4.78, 5) is 16.1. The van der Waals surface area contributed by atoms with E-state index in [0.717, 1.165) is 4.90 Å². The van der Waals surface area contributed by atoms with Crippen molar-refractivity contribution in [2.75, 3.05) is 0 Å². The van der Waals surface area contributed by atoms with Crippen molar-refractivity contribution in [3.63, 3.8) is 0 Å². The van der Waals surface area contributed by atoms with E-state index in [1.54, 1.807) is 18.3 Å². The Kier molecular flexibility index (Phi) is 2.92. The van der Waals surface area contributed by atoms with E-state index in [1.165, 1.54) is 16.2 Å². The van der Waals surface area contributed by atoms with Crippen molar-refractivity contribution in [1.29, 1.82) is 0 Å². The molecule has 5 nitrogen and oxygen atoms in total. The van der Waals surface area contributed by atoms with Crippen LogP contribution in [0.15, 0.2) is 64.6 Å². The third-order valence-electron chi connectivity index (χ3n) is 2.60. The first-order valence-electron chi connectivity index (χ1n) is 5.60. The van der Waals surface area contributed by atoms with Crippen LogP contribution < -0.4 is 0 Å². The van der Waals surface area contributed by atoms with E-state index in [4.69, 9.17) is 0 Å². The predicted molar refractivity (Wildman–Crippen MR) is 72.4 cm³/mol. The van der Waals surface area contributed by atoms with Gasteiger partial charge in [0.05, 0.1) is 6.20 Å². The summed E-state index contributed by atoms with van der Waals surface area (Å²) in [6, 6.07) is 14.8. The summed E-state index contributed by atoms with van der Waals surface area (Å²) in [6.45, 7) is 0. The van der Waals surface area contributed by atoms with Gasteiger partial charge in [0, 0.05) is 11.0 Å². The van der Waals surface area contributed by atoms with Crippen LogP contribution in [0.1, 0.15) is 0 Å². The zero-order valence-corrected chi connectivity index (χ0v) is 10.6. The van der Waals surface area contributed by atoms with Crippen LogP contribution in [0, 0.1) is 10.1 Å². The van der Waals surface area contributed by atoms with Gasteiger partial charge in [0.1, 0.15) is 0 Å². The molecule has 0 atom stereocenters. The van der Waals surface area contributed by atoms with Crippen LogP contribution in [0.3, 0.4) is 0 Å². The van der Waals surface area contributed by atoms with Gasteiger partial charge in [0.2, 0.25) is 5.65 Å². The number of aromatic nitrogens is 2. The summed E-state index contributed by atoms with van der Waals surface area (Å²) >= 11 is 1.29. The summed E-state index contributed by atoms with van der Waals surface area (Å²) < 4.78 is 1.49. The van der Waals surface area contributed by atoms with E-state index in [-0.39, 0.29) is 5.82 Å². The highest BCUT2D eigenvalue weighted by Crippen LogP contribution is 2.34. The molecule has 1 aromatic carbocycles. The molecular weight excluding hydrogens is 262 g/mol. The maximum absolute atomic E-state index is 11.2. The van der Waals surface area contributed by atoms with Crippen molar-refractivity contribution < 1.29 is 4.92 Å². The molecule has 3 aromatic rings. The van der Waals surface area contributed by atoms with E-state index in [9.17, 15) is 10.1 Å². The van der Waals surface area contributed by atoms with Gasteiger partial charge >= 0.3 is 5.82 Å². The molecule has 0 aliphatic heterocycles. The van der Waals surface area contributed by atoms with Crippen LogP contribution in [0.25, 0.3) is 5.65 Å². The number of hydrogen-bond donors (Lipinski definition) is 0. The van der Waals surface area contributed by atoms with Crippen LogP contribution in [0.2, 0.25) is 0 Å². The second kappa shape index (κ2) is 4.74. The van der Waals surface area contributed by atoms with Crippen LogP contribution in [0.4, 0.5) is 5.82 Å². The lowest BCUT2D eigenvalue weighted by atomic mass is 10.4. The summed E-state index contributed by atoms with van der Waals surface area (Å²) in [5.41, 5.74) is 0.577. The van der Waals surface area contributed by atoms with Crippen molar-refractivity contribution >= 4 is 23.2 Å². The molecule has 0 saturated carbocycles. The number of imidazole rings is 1. The highest BCUT2D eigenvalue weighted by molar-refractivity contribution is 7.99. The predicted octanol–water partition coefficient (Wildman–Crippen LogP) is 3.39. The van der Waals surface area contributed by atoms with E-state index in [1.807, 2.05) is 36.4 Å². The van der Waals surface area contributed by atoms with E-state index >= 15 is 0 Å². The van der Waals surface area contributed by atoms with Gasteiger partial charge in [-0.25, -0.2) is 0 Å². The van der Waals surface area contributed by atoms with Crippen molar-refractivity contribution in [2.45, 2.75) is 9.92 Å². The monoisotopic (exact) mass is 271 g/mol. The third-order valence-corrected chi connectivity index (χ3v) is 3.58. The van der Waals surface area contributed by atoms with Gasteiger partial charge in [-0.05, 0) is 23.1 Å². The second-order valence-electron chi connectivity index (χ2n) is 3.84. The quantitative estimate of drug-likeness (QED) is 0.541. The standard InChI is InChI=1S/C13H9N3O2S/c17-16(18)13-12(19-10-6-2-1-3-7-10)14-11-8-4-5-9-15(11)13/h1-9H. The van der Waals surface area contributed by atoms with Crippen molar-refractivity contribution in [3.8, 4) is 0 Å². The molecule has 0 unspecified atom stereocenters. The minimum atomic E-state index is -0.398. The SMILES string of the molecule is O=[N+]([O-])c1c(Sc2ccccc2)nc2ccccn12. The summed E-state index contributed by atoms with van der Waals surface area (Å²) in [6.07, 6.45) is 1.65. The number of nitrogens with zero attached hydrogens (tertiary/aromatic N) is 3. The van der Waals surface area contributed by atoms with E-state index in [2.05, 4.69) is 4.98 Å².